The fourth-order valence-electron chi connectivity index (χ4n) is 5.19. The molecule has 13 heteroatoms. The van der Waals surface area contributed by atoms with Crippen LogP contribution in [0, 0.1) is 5.92 Å². The summed E-state index contributed by atoms with van der Waals surface area (Å²) in [6.07, 6.45) is 3.87. The monoisotopic (exact) mass is 633 g/mol. The molecule has 2 aromatic carbocycles. The number of aliphatic hydroxyl groups is 2. The Kier molecular flexibility index (Phi) is 8.72. The lowest BCUT2D eigenvalue weighted by Gasteiger charge is -2.15. The largest absolute Gasteiger partial charge is 0.479 e. The number of aliphatic hydroxyl groups excluding tert-OH is 2. The molecule has 2 aliphatic heterocycles. The van der Waals surface area contributed by atoms with Gasteiger partial charge in [0.1, 0.15) is 5.69 Å². The summed E-state index contributed by atoms with van der Waals surface area (Å²) in [6.45, 7) is 1.01. The van der Waals surface area contributed by atoms with Crippen LogP contribution in [0.15, 0.2) is 58.8 Å². The van der Waals surface area contributed by atoms with Crippen molar-refractivity contribution in [2.45, 2.75) is 12.5 Å². The summed E-state index contributed by atoms with van der Waals surface area (Å²) in [5.41, 5.74) is 5.49. The van der Waals surface area contributed by atoms with Crippen LogP contribution < -0.4 is 14.8 Å². The topological polar surface area (TPSA) is 147 Å². The molecule has 6 rings (SSSR count). The van der Waals surface area contributed by atoms with Gasteiger partial charge in [0.2, 0.25) is 11.8 Å². The molecule has 0 radical (unpaired) electrons. The number of halogens is 2. The van der Waals surface area contributed by atoms with Gasteiger partial charge < -0.3 is 25.0 Å². The van der Waals surface area contributed by atoms with Crippen molar-refractivity contribution in [1.29, 1.82) is 0 Å². The van der Waals surface area contributed by atoms with E-state index in [1.165, 1.54) is 14.2 Å². The maximum atomic E-state index is 9.50. The SMILES string of the molecule is COc1nc(-c2cccc(-c3cccc(-c4cnc(C5=NC[C@@H](CO)N5)c(OC)n4)c3Cl)c2Cl)cnc1C1=NC[C@@H](CO)C1. The number of hydrogen-bond acceptors (Lipinski definition) is 11. The predicted octanol–water partition coefficient (Wildman–Crippen LogP) is 4.10. The molecule has 0 saturated heterocycles. The van der Waals surface area contributed by atoms with E-state index in [1.54, 1.807) is 12.4 Å². The summed E-state index contributed by atoms with van der Waals surface area (Å²) in [6, 6.07) is 11.0. The fraction of sp³-hybridized carbons (Fsp3) is 0.290. The third-order valence-corrected chi connectivity index (χ3v) is 8.33. The zero-order chi connectivity index (χ0) is 30.8. The minimum atomic E-state index is -0.172. The molecule has 0 saturated carbocycles. The molecule has 0 unspecified atom stereocenters. The molecule has 4 aromatic rings. The standard InChI is InChI=1S/C31H29Cl2N7O4/c1-43-30-27(22-9-16(14-41)10-34-22)35-12-23(39-30)20-7-3-5-18(25(20)32)19-6-4-8-21(26(19)33)24-13-36-28(31(40-24)44-2)29-37-11-17(15-42)38-29/h3-8,12-13,16-17,41-42H,9-11,14-15H2,1-2H3,(H,37,38)/t16-,17-/m0/s1. The molecule has 4 heterocycles. The number of aliphatic imine (C=N–C) groups is 2. The minimum absolute atomic E-state index is 0.0417. The lowest BCUT2D eigenvalue weighted by molar-refractivity contribution is 0.240. The highest BCUT2D eigenvalue weighted by Gasteiger charge is 2.26. The first-order valence-corrected chi connectivity index (χ1v) is 14.7. The van der Waals surface area contributed by atoms with Gasteiger partial charge in [0.05, 0.1) is 73.0 Å². The van der Waals surface area contributed by atoms with Gasteiger partial charge in [-0.1, -0.05) is 59.6 Å². The summed E-state index contributed by atoms with van der Waals surface area (Å²) < 4.78 is 11.1. The van der Waals surface area contributed by atoms with Gasteiger partial charge in [-0.15, -0.1) is 0 Å². The van der Waals surface area contributed by atoms with Crippen LogP contribution in [-0.2, 0) is 0 Å². The van der Waals surface area contributed by atoms with E-state index >= 15 is 0 Å². The Morgan fingerprint density at radius 3 is 1.86 bits per heavy atom. The Bertz CT molecular complexity index is 1650. The van der Waals surface area contributed by atoms with Crippen LogP contribution in [0.2, 0.25) is 10.0 Å². The first kappa shape index (κ1) is 29.9. The van der Waals surface area contributed by atoms with E-state index in [4.69, 9.17) is 37.7 Å². The van der Waals surface area contributed by atoms with Crippen LogP contribution in [0.5, 0.6) is 11.8 Å². The van der Waals surface area contributed by atoms with E-state index in [0.717, 1.165) is 5.71 Å². The summed E-state index contributed by atoms with van der Waals surface area (Å²) in [5, 5.41) is 23.0. The fourth-order valence-corrected chi connectivity index (χ4v) is 5.84. The Balaban J connectivity index is 1.34. The second-order valence-electron chi connectivity index (χ2n) is 10.3. The van der Waals surface area contributed by atoms with Crippen molar-refractivity contribution in [3.63, 3.8) is 0 Å². The highest BCUT2D eigenvalue weighted by Crippen LogP contribution is 2.42. The Hall–Kier alpha value is -4.16. The van der Waals surface area contributed by atoms with Crippen LogP contribution in [-0.4, -0.2) is 88.3 Å². The molecular formula is C31H29Cl2N7O4. The van der Waals surface area contributed by atoms with Gasteiger partial charge in [0.25, 0.3) is 0 Å². The average Bonchev–Trinajstić information content (AvgIpc) is 3.75. The quantitative estimate of drug-likeness (QED) is 0.248. The van der Waals surface area contributed by atoms with Gasteiger partial charge in [-0.25, -0.2) is 19.9 Å². The predicted molar refractivity (Wildman–Crippen MR) is 169 cm³/mol. The Labute approximate surface area is 263 Å². The third-order valence-electron chi connectivity index (χ3n) is 7.52. The van der Waals surface area contributed by atoms with E-state index in [-0.39, 0.29) is 31.1 Å². The van der Waals surface area contributed by atoms with Crippen LogP contribution >= 0.6 is 23.2 Å². The summed E-state index contributed by atoms with van der Waals surface area (Å²) in [5.74, 6) is 1.20. The van der Waals surface area contributed by atoms with E-state index < -0.39 is 0 Å². The Morgan fingerprint density at radius 1 is 0.773 bits per heavy atom. The van der Waals surface area contributed by atoms with Gasteiger partial charge in [0.15, 0.2) is 11.5 Å². The van der Waals surface area contributed by atoms with Crippen molar-refractivity contribution in [3.05, 3.63) is 70.2 Å². The highest BCUT2D eigenvalue weighted by molar-refractivity contribution is 6.39. The van der Waals surface area contributed by atoms with Gasteiger partial charge in [-0.3, -0.25) is 9.98 Å². The summed E-state index contributed by atoms with van der Waals surface area (Å²) >= 11 is 14.0. The first-order valence-electron chi connectivity index (χ1n) is 13.9. The van der Waals surface area contributed by atoms with Gasteiger partial charge >= 0.3 is 0 Å². The second kappa shape index (κ2) is 12.8. The molecule has 0 spiro atoms. The molecule has 11 nitrogen and oxygen atoms in total. The Morgan fingerprint density at radius 2 is 1.34 bits per heavy atom. The van der Waals surface area contributed by atoms with Crippen LogP contribution in [0.25, 0.3) is 33.6 Å². The van der Waals surface area contributed by atoms with Crippen molar-refractivity contribution < 1.29 is 19.7 Å². The molecule has 0 amide bonds. The number of amidine groups is 1. The number of nitrogens with one attached hydrogen (secondary N) is 1. The van der Waals surface area contributed by atoms with E-state index in [2.05, 4.69) is 30.3 Å². The molecular weight excluding hydrogens is 605 g/mol. The zero-order valence-electron chi connectivity index (χ0n) is 24.0. The lowest BCUT2D eigenvalue weighted by Crippen LogP contribution is -2.34. The zero-order valence-corrected chi connectivity index (χ0v) is 25.5. The average molecular weight is 635 g/mol. The molecule has 226 valence electrons. The third kappa shape index (κ3) is 5.59. The maximum Gasteiger partial charge on any atom is 0.244 e. The van der Waals surface area contributed by atoms with Gasteiger partial charge in [-0.2, -0.15) is 0 Å². The number of hydrogen-bond donors (Lipinski definition) is 3. The van der Waals surface area contributed by atoms with Crippen molar-refractivity contribution in [2.75, 3.05) is 40.5 Å². The van der Waals surface area contributed by atoms with Crippen molar-refractivity contribution >= 4 is 34.7 Å². The maximum absolute atomic E-state index is 9.50. The smallest absolute Gasteiger partial charge is 0.244 e. The van der Waals surface area contributed by atoms with E-state index in [9.17, 15) is 10.2 Å². The van der Waals surface area contributed by atoms with Gasteiger partial charge in [0, 0.05) is 41.3 Å². The molecule has 0 bridgehead atoms. The normalized spacial score (nSPS) is 17.7. The highest BCUT2D eigenvalue weighted by atomic mass is 35.5. The van der Waals surface area contributed by atoms with Crippen LogP contribution in [0.1, 0.15) is 17.8 Å². The number of nitrogens with zero attached hydrogens (tertiary/aromatic N) is 6. The van der Waals surface area contributed by atoms with E-state index in [0.29, 0.717) is 86.3 Å². The summed E-state index contributed by atoms with van der Waals surface area (Å²) in [7, 11) is 3.05. The number of methoxy groups -OCH3 is 2. The first-order chi connectivity index (χ1) is 21.4. The minimum Gasteiger partial charge on any atom is -0.479 e. The van der Waals surface area contributed by atoms with Crippen molar-refractivity contribution in [3.8, 4) is 45.4 Å². The van der Waals surface area contributed by atoms with E-state index in [1.807, 2.05) is 36.4 Å². The second-order valence-corrected chi connectivity index (χ2v) is 11.1. The summed E-state index contributed by atoms with van der Waals surface area (Å²) in [4.78, 5) is 27.5. The molecule has 0 aliphatic carbocycles. The molecule has 2 aromatic heterocycles. The number of rotatable bonds is 9. The number of ether oxygens (including phenoxy) is 2. The van der Waals surface area contributed by atoms with Gasteiger partial charge in [-0.05, 0) is 6.42 Å². The molecule has 0 fully saturated rings. The molecule has 3 N–H and O–H groups in total. The van der Waals surface area contributed by atoms with Crippen LogP contribution in [0.4, 0.5) is 0 Å². The number of benzene rings is 2. The molecule has 44 heavy (non-hydrogen) atoms. The van der Waals surface area contributed by atoms with Crippen LogP contribution in [0.3, 0.4) is 0 Å². The number of aromatic nitrogens is 4. The molecule has 2 aliphatic rings. The molecule has 2 atom stereocenters. The van der Waals surface area contributed by atoms with Crippen molar-refractivity contribution in [2.24, 2.45) is 15.9 Å². The van der Waals surface area contributed by atoms with Crippen molar-refractivity contribution in [1.82, 2.24) is 25.3 Å². The lowest BCUT2D eigenvalue weighted by atomic mass is 9.98.